The lowest BCUT2D eigenvalue weighted by Gasteiger charge is -2.17. The van der Waals surface area contributed by atoms with E-state index in [1.807, 2.05) is 0 Å². The minimum atomic E-state index is -1.61. The molecule has 2 N–H and O–H groups in total. The van der Waals surface area contributed by atoms with E-state index >= 15 is 0 Å². The van der Waals surface area contributed by atoms with Gasteiger partial charge in [-0.25, -0.2) is 0 Å². The van der Waals surface area contributed by atoms with Crippen LogP contribution in [-0.4, -0.2) is 41.4 Å². The number of aliphatic hydroxyl groups excluding tert-OH is 2. The summed E-state index contributed by atoms with van der Waals surface area (Å²) in [4.78, 5) is 21.3. The molecule has 0 bridgehead atoms. The molecule has 1 aromatic carbocycles. The van der Waals surface area contributed by atoms with Crippen LogP contribution in [0, 0.1) is 10.1 Å². The van der Waals surface area contributed by atoms with E-state index in [0.717, 1.165) is 13.2 Å². The number of benzene rings is 1. The molecule has 0 aromatic heterocycles. The maximum atomic E-state index is 11.0. The second-order valence-electron chi connectivity index (χ2n) is 3.97. The number of ether oxygens (including phenoxy) is 2. The molecule has 0 spiro atoms. The van der Waals surface area contributed by atoms with Crippen molar-refractivity contribution in [3.05, 3.63) is 33.9 Å². The van der Waals surface area contributed by atoms with Crippen molar-refractivity contribution in [3.63, 3.8) is 0 Å². The first-order chi connectivity index (χ1) is 9.40. The molecule has 20 heavy (non-hydrogen) atoms. The first-order valence-corrected chi connectivity index (χ1v) is 5.66. The van der Waals surface area contributed by atoms with Gasteiger partial charge in [-0.3, -0.25) is 14.9 Å². The van der Waals surface area contributed by atoms with E-state index in [4.69, 9.17) is 4.74 Å². The quantitative estimate of drug-likeness (QED) is 0.445. The predicted octanol–water partition coefficient (Wildman–Crippen LogP) is 0.561. The number of aliphatic hydroxyl groups is 2. The van der Waals surface area contributed by atoms with Gasteiger partial charge in [0.15, 0.2) is 0 Å². The summed E-state index contributed by atoms with van der Waals surface area (Å²) in [5, 5.41) is 30.6. The van der Waals surface area contributed by atoms with Gasteiger partial charge in [0.25, 0.3) is 5.69 Å². The summed E-state index contributed by atoms with van der Waals surface area (Å²) in [6, 6.07) is 3.76. The third kappa shape index (κ3) is 3.65. The second kappa shape index (κ2) is 6.83. The fourth-order valence-corrected chi connectivity index (χ4v) is 1.64. The fourth-order valence-electron chi connectivity index (χ4n) is 1.64. The van der Waals surface area contributed by atoms with Crippen LogP contribution in [-0.2, 0) is 9.53 Å². The van der Waals surface area contributed by atoms with E-state index in [1.165, 1.54) is 19.2 Å². The summed E-state index contributed by atoms with van der Waals surface area (Å²) in [6.45, 7) is 0. The molecule has 1 rings (SSSR count). The number of carbonyl (C=O) groups excluding carboxylic acids is 1. The molecule has 8 heteroatoms. The lowest BCUT2D eigenvalue weighted by molar-refractivity contribution is -0.386. The van der Waals surface area contributed by atoms with Crippen LogP contribution in [0.5, 0.6) is 5.75 Å². The Kier molecular flexibility index (Phi) is 5.42. The maximum Gasteiger partial charge on any atom is 0.308 e. The van der Waals surface area contributed by atoms with Gasteiger partial charge in [0, 0.05) is 6.07 Å². The van der Waals surface area contributed by atoms with Gasteiger partial charge >= 0.3 is 5.97 Å². The van der Waals surface area contributed by atoms with Crippen LogP contribution >= 0.6 is 0 Å². The Hall–Kier alpha value is -2.19. The van der Waals surface area contributed by atoms with E-state index in [1.54, 1.807) is 0 Å². The number of carbonyl (C=O) groups is 1. The second-order valence-corrected chi connectivity index (χ2v) is 3.97. The van der Waals surface area contributed by atoms with Crippen molar-refractivity contribution >= 4 is 11.7 Å². The van der Waals surface area contributed by atoms with E-state index in [0.29, 0.717) is 0 Å². The normalized spacial score (nSPS) is 13.4. The molecule has 0 fully saturated rings. The number of rotatable bonds is 6. The highest BCUT2D eigenvalue weighted by Crippen LogP contribution is 2.31. The Balaban J connectivity index is 3.08. The minimum absolute atomic E-state index is 0.134. The summed E-state index contributed by atoms with van der Waals surface area (Å²) in [6.07, 6.45) is -3.61. The van der Waals surface area contributed by atoms with Gasteiger partial charge in [-0.05, 0) is 12.1 Å². The van der Waals surface area contributed by atoms with Crippen LogP contribution in [0.15, 0.2) is 18.2 Å². The Morgan fingerprint density at radius 3 is 2.55 bits per heavy atom. The molecule has 0 aliphatic carbocycles. The van der Waals surface area contributed by atoms with Gasteiger partial charge in [0.05, 0.1) is 37.2 Å². The van der Waals surface area contributed by atoms with Crippen molar-refractivity contribution in [1.29, 1.82) is 0 Å². The van der Waals surface area contributed by atoms with Crippen molar-refractivity contribution in [2.45, 2.75) is 18.6 Å². The molecule has 2 atom stereocenters. The number of hydrogen-bond donors (Lipinski definition) is 2. The lowest BCUT2D eigenvalue weighted by Crippen LogP contribution is -2.23. The van der Waals surface area contributed by atoms with Crippen molar-refractivity contribution in [1.82, 2.24) is 0 Å². The Bertz CT molecular complexity index is 503. The summed E-state index contributed by atoms with van der Waals surface area (Å²) in [5.41, 5.74) is -0.507. The van der Waals surface area contributed by atoms with Gasteiger partial charge in [-0.1, -0.05) is 0 Å². The highest BCUT2D eigenvalue weighted by molar-refractivity contribution is 5.70. The van der Waals surface area contributed by atoms with Crippen LogP contribution < -0.4 is 4.74 Å². The van der Waals surface area contributed by atoms with E-state index in [-0.39, 0.29) is 17.0 Å². The molecule has 2 unspecified atom stereocenters. The highest BCUT2D eigenvalue weighted by atomic mass is 16.6. The molecule has 1 aromatic rings. The van der Waals surface area contributed by atoms with Crippen molar-refractivity contribution < 1.29 is 29.4 Å². The number of nitrogens with zero attached hydrogens (tertiary/aromatic N) is 1. The average Bonchev–Trinajstić information content (AvgIpc) is 2.45. The fraction of sp³-hybridized carbons (Fsp3) is 0.417. The monoisotopic (exact) mass is 285 g/mol. The zero-order valence-corrected chi connectivity index (χ0v) is 11.0. The molecule has 0 aliphatic rings. The Morgan fingerprint density at radius 1 is 1.40 bits per heavy atom. The molecule has 0 saturated heterocycles. The Morgan fingerprint density at radius 2 is 2.05 bits per heavy atom. The van der Waals surface area contributed by atoms with Gasteiger partial charge < -0.3 is 19.7 Å². The van der Waals surface area contributed by atoms with Crippen LogP contribution in [0.2, 0.25) is 0 Å². The number of nitro groups is 1. The predicted molar refractivity (Wildman–Crippen MR) is 67.2 cm³/mol. The molecule has 110 valence electrons. The van der Waals surface area contributed by atoms with E-state index in [9.17, 15) is 25.1 Å². The minimum Gasteiger partial charge on any atom is -0.497 e. The zero-order valence-electron chi connectivity index (χ0n) is 11.0. The number of methoxy groups -OCH3 is 2. The van der Waals surface area contributed by atoms with Crippen LogP contribution in [0.3, 0.4) is 0 Å². The molecular weight excluding hydrogens is 270 g/mol. The number of nitro benzene ring substituents is 1. The third-order valence-electron chi connectivity index (χ3n) is 2.72. The Labute approximate surface area is 114 Å². The molecule has 0 saturated carbocycles. The highest BCUT2D eigenvalue weighted by Gasteiger charge is 2.28. The summed E-state index contributed by atoms with van der Waals surface area (Å²) in [5.74, 6) is -0.447. The zero-order chi connectivity index (χ0) is 15.3. The summed E-state index contributed by atoms with van der Waals surface area (Å²) < 4.78 is 9.28. The van der Waals surface area contributed by atoms with E-state index in [2.05, 4.69) is 4.74 Å². The topological polar surface area (TPSA) is 119 Å². The van der Waals surface area contributed by atoms with Gasteiger partial charge in [-0.15, -0.1) is 0 Å². The lowest BCUT2D eigenvalue weighted by atomic mass is 10.00. The van der Waals surface area contributed by atoms with Gasteiger partial charge in [-0.2, -0.15) is 0 Å². The SMILES string of the molecule is COC(=O)CC(O)C(O)c1cc(OC)ccc1[N+](=O)[O-]. The standard InChI is InChI=1S/C12H15NO7/c1-19-7-3-4-9(13(17)18)8(5-7)12(16)10(14)6-11(15)20-2/h3-5,10,12,14,16H,6H2,1-2H3. The van der Waals surface area contributed by atoms with Gasteiger partial charge in [0.1, 0.15) is 11.9 Å². The number of esters is 1. The van der Waals surface area contributed by atoms with Crippen molar-refractivity contribution in [3.8, 4) is 5.75 Å². The smallest absolute Gasteiger partial charge is 0.308 e. The molecule has 8 nitrogen and oxygen atoms in total. The van der Waals surface area contributed by atoms with Gasteiger partial charge in [0.2, 0.25) is 0 Å². The van der Waals surface area contributed by atoms with E-state index < -0.39 is 29.5 Å². The molecule has 0 amide bonds. The molecular formula is C12H15NO7. The number of hydrogen-bond acceptors (Lipinski definition) is 7. The maximum absolute atomic E-state index is 11.0. The molecule has 0 heterocycles. The first-order valence-electron chi connectivity index (χ1n) is 5.66. The van der Waals surface area contributed by atoms with Crippen LogP contribution in [0.1, 0.15) is 18.1 Å². The summed E-state index contributed by atoms with van der Waals surface area (Å²) in [7, 11) is 2.50. The van der Waals surface area contributed by atoms with Crippen molar-refractivity contribution in [2.75, 3.05) is 14.2 Å². The van der Waals surface area contributed by atoms with Crippen LogP contribution in [0.4, 0.5) is 5.69 Å². The van der Waals surface area contributed by atoms with Crippen LogP contribution in [0.25, 0.3) is 0 Å². The average molecular weight is 285 g/mol. The summed E-state index contributed by atoms with van der Waals surface area (Å²) >= 11 is 0. The first kappa shape index (κ1) is 15.9. The molecule has 0 radical (unpaired) electrons. The molecule has 0 aliphatic heterocycles. The largest absolute Gasteiger partial charge is 0.497 e. The van der Waals surface area contributed by atoms with Crippen molar-refractivity contribution in [2.24, 2.45) is 0 Å². The third-order valence-corrected chi connectivity index (χ3v) is 2.72.